The number of aromatic nitrogens is 4. The Hall–Kier alpha value is -1.65. The molecule has 4 nitrogen and oxygen atoms in total. The normalized spacial score (nSPS) is 11.6. The number of hydrogen-bond donors (Lipinski definition) is 0. The predicted octanol–water partition coefficient (Wildman–Crippen LogP) is 5.56. The Morgan fingerprint density at radius 1 is 1.12 bits per heavy atom. The second-order valence-corrected chi connectivity index (χ2v) is 6.66. The lowest BCUT2D eigenvalue weighted by Gasteiger charge is -2.12. The lowest BCUT2D eigenvalue weighted by atomic mass is 9.93. The maximum Gasteiger partial charge on any atom is 0.181 e. The molecule has 24 heavy (non-hydrogen) atoms. The quantitative estimate of drug-likeness (QED) is 0.596. The van der Waals surface area contributed by atoms with E-state index in [1.54, 1.807) is 12.3 Å². The molecule has 0 aliphatic rings. The molecule has 0 N–H and O–H groups in total. The molecule has 0 aliphatic heterocycles. The zero-order valence-electron chi connectivity index (χ0n) is 14.1. The van der Waals surface area contributed by atoms with Crippen molar-refractivity contribution in [1.82, 2.24) is 19.8 Å². The van der Waals surface area contributed by atoms with E-state index in [9.17, 15) is 0 Å². The van der Waals surface area contributed by atoms with Crippen molar-refractivity contribution in [2.24, 2.45) is 0 Å². The third-order valence-electron chi connectivity index (χ3n) is 4.47. The molecular weight excluding hydrogens is 343 g/mol. The number of nitrogens with zero attached hydrogens (tertiary/aromatic N) is 4. The smallest absolute Gasteiger partial charge is 0.181 e. The number of fused-ring (bicyclic) bond motifs is 1. The van der Waals surface area contributed by atoms with E-state index < -0.39 is 0 Å². The summed E-state index contributed by atoms with van der Waals surface area (Å²) in [5, 5.41) is 14.6. The second kappa shape index (κ2) is 7.08. The van der Waals surface area contributed by atoms with Crippen molar-refractivity contribution in [3.63, 3.8) is 0 Å². The van der Waals surface area contributed by atoms with Crippen molar-refractivity contribution < 1.29 is 0 Å². The first-order valence-electron chi connectivity index (χ1n) is 8.29. The van der Waals surface area contributed by atoms with Gasteiger partial charge in [0.1, 0.15) is 0 Å². The molecule has 1 aromatic carbocycles. The van der Waals surface area contributed by atoms with Crippen LogP contribution in [0.2, 0.25) is 10.0 Å². The first-order valence-corrected chi connectivity index (χ1v) is 9.04. The van der Waals surface area contributed by atoms with Gasteiger partial charge in [-0.2, -0.15) is 10.2 Å². The Labute approximate surface area is 151 Å². The second-order valence-electron chi connectivity index (χ2n) is 5.82. The molecule has 0 atom stereocenters. The molecule has 2 heterocycles. The minimum absolute atomic E-state index is 0.433. The van der Waals surface area contributed by atoms with Crippen LogP contribution in [-0.2, 0) is 6.42 Å². The molecule has 0 radical (unpaired) electrons. The minimum atomic E-state index is 0.433. The van der Waals surface area contributed by atoms with Gasteiger partial charge >= 0.3 is 0 Å². The zero-order valence-corrected chi connectivity index (χ0v) is 15.6. The van der Waals surface area contributed by atoms with Crippen molar-refractivity contribution >= 4 is 28.8 Å². The van der Waals surface area contributed by atoms with E-state index >= 15 is 0 Å². The van der Waals surface area contributed by atoms with Gasteiger partial charge in [0.25, 0.3) is 0 Å². The molecule has 3 rings (SSSR count). The maximum atomic E-state index is 6.39. The van der Waals surface area contributed by atoms with E-state index in [-0.39, 0.29) is 0 Å². The first kappa shape index (κ1) is 17.2. The van der Waals surface area contributed by atoms with E-state index in [1.807, 2.05) is 16.6 Å². The number of aryl methyl sites for hydroxylation is 1. The highest BCUT2D eigenvalue weighted by Gasteiger charge is 2.22. The molecule has 0 bridgehead atoms. The van der Waals surface area contributed by atoms with Crippen LogP contribution >= 0.6 is 23.2 Å². The molecule has 3 aromatic rings. The van der Waals surface area contributed by atoms with Gasteiger partial charge in [0.05, 0.1) is 22.6 Å². The predicted molar refractivity (Wildman–Crippen MR) is 98.9 cm³/mol. The summed E-state index contributed by atoms with van der Waals surface area (Å²) in [5.41, 5.74) is 4.79. The first-order chi connectivity index (χ1) is 11.6. The summed E-state index contributed by atoms with van der Waals surface area (Å²) in [6, 6.07) is 5.45. The fourth-order valence-corrected chi connectivity index (χ4v) is 3.68. The van der Waals surface area contributed by atoms with Gasteiger partial charge in [-0.25, -0.2) is 4.52 Å². The third-order valence-corrected chi connectivity index (χ3v) is 5.02. The van der Waals surface area contributed by atoms with Crippen LogP contribution in [0, 0.1) is 0 Å². The highest BCUT2D eigenvalue weighted by molar-refractivity contribution is 6.36. The summed E-state index contributed by atoms with van der Waals surface area (Å²) >= 11 is 12.4. The van der Waals surface area contributed by atoms with Gasteiger partial charge in [-0.15, -0.1) is 5.10 Å². The monoisotopic (exact) mass is 362 g/mol. The van der Waals surface area contributed by atoms with Crippen LogP contribution in [0.25, 0.3) is 16.9 Å². The Balaban J connectivity index is 2.28. The van der Waals surface area contributed by atoms with E-state index in [1.165, 1.54) is 5.56 Å². The standard InChI is InChI=1S/C18H20Cl2N4/c1-4-11(5-2)17-15(6-3)23-24-16(10-21-22-18(17)24)13-8-7-12(19)9-14(13)20/h7-11H,4-6H2,1-3H3. The molecule has 0 spiro atoms. The van der Waals surface area contributed by atoms with Crippen LogP contribution in [0.3, 0.4) is 0 Å². The maximum absolute atomic E-state index is 6.39. The third kappa shape index (κ3) is 2.89. The van der Waals surface area contributed by atoms with Crippen molar-refractivity contribution in [2.75, 3.05) is 0 Å². The van der Waals surface area contributed by atoms with Gasteiger partial charge in [0.2, 0.25) is 0 Å². The summed E-state index contributed by atoms with van der Waals surface area (Å²) < 4.78 is 1.87. The summed E-state index contributed by atoms with van der Waals surface area (Å²) in [6.45, 7) is 6.52. The van der Waals surface area contributed by atoms with E-state index in [4.69, 9.17) is 28.3 Å². The summed E-state index contributed by atoms with van der Waals surface area (Å²) in [6.07, 6.45) is 4.67. The van der Waals surface area contributed by atoms with E-state index in [2.05, 4.69) is 31.0 Å². The van der Waals surface area contributed by atoms with Gasteiger partial charge in [-0.05, 0) is 43.4 Å². The lowest BCUT2D eigenvalue weighted by Crippen LogP contribution is -2.02. The Kier molecular flexibility index (Phi) is 5.07. The summed E-state index contributed by atoms with van der Waals surface area (Å²) in [4.78, 5) is 0. The fraction of sp³-hybridized carbons (Fsp3) is 0.389. The van der Waals surface area contributed by atoms with Gasteiger partial charge in [-0.3, -0.25) is 0 Å². The van der Waals surface area contributed by atoms with Crippen LogP contribution in [0.4, 0.5) is 0 Å². The van der Waals surface area contributed by atoms with E-state index in [0.29, 0.717) is 16.0 Å². The Morgan fingerprint density at radius 3 is 2.50 bits per heavy atom. The van der Waals surface area contributed by atoms with Crippen LogP contribution < -0.4 is 0 Å². The molecule has 0 aliphatic carbocycles. The number of rotatable bonds is 5. The topological polar surface area (TPSA) is 43.1 Å². The Morgan fingerprint density at radius 2 is 1.88 bits per heavy atom. The van der Waals surface area contributed by atoms with Crippen LogP contribution in [-0.4, -0.2) is 19.8 Å². The van der Waals surface area contributed by atoms with Crippen molar-refractivity contribution in [3.05, 3.63) is 45.7 Å². The lowest BCUT2D eigenvalue weighted by molar-refractivity contribution is 0.638. The molecule has 0 saturated heterocycles. The average Bonchev–Trinajstić information content (AvgIpc) is 2.95. The highest BCUT2D eigenvalue weighted by Crippen LogP contribution is 2.34. The number of benzene rings is 1. The van der Waals surface area contributed by atoms with Gasteiger partial charge in [0.15, 0.2) is 5.65 Å². The minimum Gasteiger partial charge on any atom is -0.211 e. The molecule has 0 fully saturated rings. The fourth-order valence-electron chi connectivity index (χ4n) is 3.18. The summed E-state index contributed by atoms with van der Waals surface area (Å²) in [7, 11) is 0. The largest absolute Gasteiger partial charge is 0.211 e. The summed E-state index contributed by atoms with van der Waals surface area (Å²) in [5.74, 6) is 0.433. The zero-order chi connectivity index (χ0) is 17.3. The highest BCUT2D eigenvalue weighted by atomic mass is 35.5. The van der Waals surface area contributed by atoms with E-state index in [0.717, 1.165) is 41.9 Å². The number of hydrogen-bond acceptors (Lipinski definition) is 3. The molecule has 6 heteroatoms. The molecule has 0 amide bonds. The van der Waals surface area contributed by atoms with Crippen molar-refractivity contribution in [3.8, 4) is 11.3 Å². The molecule has 0 saturated carbocycles. The molecule has 126 valence electrons. The van der Waals surface area contributed by atoms with Crippen LogP contribution in [0.5, 0.6) is 0 Å². The van der Waals surface area contributed by atoms with Gasteiger partial charge in [0, 0.05) is 16.1 Å². The Bertz CT molecular complexity index is 869. The van der Waals surface area contributed by atoms with Crippen molar-refractivity contribution in [2.45, 2.75) is 46.0 Å². The number of halogens is 2. The average molecular weight is 363 g/mol. The van der Waals surface area contributed by atoms with Crippen LogP contribution in [0.15, 0.2) is 24.4 Å². The molecule has 2 aromatic heterocycles. The van der Waals surface area contributed by atoms with Crippen molar-refractivity contribution in [1.29, 1.82) is 0 Å². The SMILES string of the molecule is CCc1nn2c(-c3ccc(Cl)cc3Cl)cnnc2c1C(CC)CC. The van der Waals surface area contributed by atoms with Gasteiger partial charge in [-0.1, -0.05) is 44.0 Å². The van der Waals surface area contributed by atoms with Crippen LogP contribution in [0.1, 0.15) is 50.8 Å². The van der Waals surface area contributed by atoms with Gasteiger partial charge < -0.3 is 0 Å². The molecular formula is C18H20Cl2N4. The molecule has 0 unspecified atom stereocenters.